The predicted molar refractivity (Wildman–Crippen MR) is 96.0 cm³/mol. The number of fused-ring (bicyclic) bond motifs is 1. The fourth-order valence-corrected chi connectivity index (χ4v) is 3.32. The van der Waals surface area contributed by atoms with Crippen molar-refractivity contribution in [2.24, 2.45) is 4.99 Å². The minimum absolute atomic E-state index is 0.193. The Morgan fingerprint density at radius 2 is 2.08 bits per heavy atom. The third-order valence-corrected chi connectivity index (χ3v) is 4.46. The summed E-state index contributed by atoms with van der Waals surface area (Å²) in [6, 6.07) is 7.25. The lowest BCUT2D eigenvalue weighted by molar-refractivity contribution is 0.425. The van der Waals surface area contributed by atoms with E-state index in [0.29, 0.717) is 25.5 Å². The summed E-state index contributed by atoms with van der Waals surface area (Å²) in [5.74, 6) is 0.385. The van der Waals surface area contributed by atoms with Gasteiger partial charge in [0.05, 0.1) is 18.7 Å². The molecule has 0 saturated carbocycles. The van der Waals surface area contributed by atoms with Crippen molar-refractivity contribution < 1.29 is 8.78 Å². The molecule has 4 rings (SSSR count). The summed E-state index contributed by atoms with van der Waals surface area (Å²) in [7, 11) is 0. The van der Waals surface area contributed by atoms with Gasteiger partial charge >= 0.3 is 0 Å². The maximum Gasteiger partial charge on any atom is 0.160 e. The number of hydrogen-bond donors (Lipinski definition) is 0. The molecule has 3 aromatic rings. The van der Waals surface area contributed by atoms with Crippen molar-refractivity contribution in [1.29, 1.82) is 0 Å². The van der Waals surface area contributed by atoms with Gasteiger partial charge in [-0.25, -0.2) is 18.7 Å². The highest BCUT2D eigenvalue weighted by molar-refractivity contribution is 6.00. The van der Waals surface area contributed by atoms with Gasteiger partial charge in [-0.3, -0.25) is 4.99 Å². The molecule has 0 amide bonds. The largest absolute Gasteiger partial charge is 0.347 e. The van der Waals surface area contributed by atoms with Crippen LogP contribution in [0, 0.1) is 11.6 Å². The Morgan fingerprint density at radius 1 is 1.19 bits per heavy atom. The van der Waals surface area contributed by atoms with Crippen LogP contribution in [0.3, 0.4) is 0 Å². The van der Waals surface area contributed by atoms with E-state index in [1.807, 2.05) is 17.0 Å². The molecule has 0 N–H and O–H groups in total. The zero-order valence-electron chi connectivity index (χ0n) is 14.5. The minimum atomic E-state index is -0.474. The van der Waals surface area contributed by atoms with Gasteiger partial charge in [0.15, 0.2) is 5.65 Å². The van der Waals surface area contributed by atoms with Gasteiger partial charge in [-0.2, -0.15) is 0 Å². The first-order valence-corrected chi connectivity index (χ1v) is 8.72. The zero-order chi connectivity index (χ0) is 18.1. The number of aryl methyl sites for hydroxylation is 1. The highest BCUT2D eigenvalue weighted by Gasteiger charge is 2.24. The summed E-state index contributed by atoms with van der Waals surface area (Å²) in [6.07, 6.45) is 2.71. The Bertz CT molecular complexity index is 979. The van der Waals surface area contributed by atoms with Crippen LogP contribution >= 0.6 is 0 Å². The number of imidazole rings is 1. The lowest BCUT2D eigenvalue weighted by atomic mass is 10.1. The van der Waals surface area contributed by atoms with Gasteiger partial charge in [-0.1, -0.05) is 6.92 Å². The van der Waals surface area contributed by atoms with E-state index in [-0.39, 0.29) is 5.56 Å². The van der Waals surface area contributed by atoms with E-state index in [1.165, 1.54) is 6.07 Å². The average Bonchev–Trinajstić information content (AvgIpc) is 3.23. The SMILES string of the molecule is CCCn1c(CN2CCN=C2c2cc(F)ccc2F)nc2cccnc21. The molecule has 1 aromatic carbocycles. The molecule has 0 unspecified atom stereocenters. The van der Waals surface area contributed by atoms with E-state index in [1.54, 1.807) is 6.20 Å². The summed E-state index contributed by atoms with van der Waals surface area (Å²) >= 11 is 0. The molecule has 0 radical (unpaired) electrons. The quantitative estimate of drug-likeness (QED) is 0.705. The van der Waals surface area contributed by atoms with E-state index < -0.39 is 11.6 Å². The number of benzene rings is 1. The third-order valence-electron chi connectivity index (χ3n) is 4.46. The number of hydrogen-bond acceptors (Lipinski definition) is 4. The zero-order valence-corrected chi connectivity index (χ0v) is 14.5. The fraction of sp³-hybridized carbons (Fsp3) is 0.316. The van der Waals surface area contributed by atoms with Gasteiger partial charge in [0.1, 0.15) is 28.8 Å². The van der Waals surface area contributed by atoms with Gasteiger partial charge in [0.25, 0.3) is 0 Å². The molecule has 0 atom stereocenters. The number of pyridine rings is 1. The predicted octanol–water partition coefficient (Wildman–Crippen LogP) is 3.38. The second kappa shape index (κ2) is 6.82. The molecule has 26 heavy (non-hydrogen) atoms. The van der Waals surface area contributed by atoms with Crippen molar-refractivity contribution in [2.45, 2.75) is 26.4 Å². The lowest BCUT2D eigenvalue weighted by Gasteiger charge is -2.21. The van der Waals surface area contributed by atoms with Crippen molar-refractivity contribution >= 4 is 17.0 Å². The molecule has 0 aliphatic carbocycles. The van der Waals surface area contributed by atoms with Crippen LogP contribution in [-0.2, 0) is 13.1 Å². The molecule has 2 aromatic heterocycles. The second-order valence-electron chi connectivity index (χ2n) is 6.28. The highest BCUT2D eigenvalue weighted by atomic mass is 19.1. The maximum absolute atomic E-state index is 14.2. The van der Waals surface area contributed by atoms with Crippen molar-refractivity contribution in [3.05, 3.63) is 59.6 Å². The Hall–Kier alpha value is -2.83. The molecule has 1 aliphatic heterocycles. The van der Waals surface area contributed by atoms with Gasteiger partial charge < -0.3 is 9.47 Å². The monoisotopic (exact) mass is 355 g/mol. The van der Waals surface area contributed by atoms with Crippen LogP contribution in [-0.4, -0.2) is 38.4 Å². The van der Waals surface area contributed by atoms with E-state index in [2.05, 4.69) is 21.5 Å². The number of nitrogens with zero attached hydrogens (tertiary/aromatic N) is 5. The normalized spacial score (nSPS) is 14.3. The summed E-state index contributed by atoms with van der Waals surface area (Å²) in [5, 5.41) is 0. The standard InChI is InChI=1S/C19H19F2N5/c1-2-9-26-17(24-16-4-3-7-22-19(16)26)12-25-10-8-23-18(25)14-11-13(20)5-6-15(14)21/h3-7,11H,2,8-10,12H2,1H3. The van der Waals surface area contributed by atoms with Crippen molar-refractivity contribution in [2.75, 3.05) is 13.1 Å². The highest BCUT2D eigenvalue weighted by Crippen LogP contribution is 2.21. The van der Waals surface area contributed by atoms with E-state index in [9.17, 15) is 8.78 Å². The summed E-state index contributed by atoms with van der Waals surface area (Å²) in [6.45, 7) is 4.58. The van der Waals surface area contributed by atoms with E-state index >= 15 is 0 Å². The van der Waals surface area contributed by atoms with Crippen molar-refractivity contribution in [1.82, 2.24) is 19.4 Å². The topological polar surface area (TPSA) is 46.3 Å². The first-order valence-electron chi connectivity index (χ1n) is 8.72. The molecular formula is C19H19F2N5. The average molecular weight is 355 g/mol. The molecule has 134 valence electrons. The van der Waals surface area contributed by atoms with Crippen LogP contribution in [0.15, 0.2) is 41.5 Å². The molecule has 0 fully saturated rings. The van der Waals surface area contributed by atoms with Crippen molar-refractivity contribution in [3.8, 4) is 0 Å². The third kappa shape index (κ3) is 2.94. The Morgan fingerprint density at radius 3 is 2.92 bits per heavy atom. The molecule has 1 aliphatic rings. The molecule has 0 saturated heterocycles. The molecule has 0 bridgehead atoms. The fourth-order valence-electron chi connectivity index (χ4n) is 3.32. The molecule has 7 heteroatoms. The van der Waals surface area contributed by atoms with E-state index in [0.717, 1.165) is 42.1 Å². The number of halogens is 2. The number of aliphatic imine (C=N–C) groups is 1. The van der Waals surface area contributed by atoms with Crippen LogP contribution in [0.1, 0.15) is 24.7 Å². The van der Waals surface area contributed by atoms with Crippen LogP contribution in [0.4, 0.5) is 8.78 Å². The molecular weight excluding hydrogens is 336 g/mol. The lowest BCUT2D eigenvalue weighted by Crippen LogP contribution is -2.30. The van der Waals surface area contributed by atoms with Gasteiger partial charge in [-0.15, -0.1) is 0 Å². The van der Waals surface area contributed by atoms with Gasteiger partial charge in [0.2, 0.25) is 0 Å². The molecule has 3 heterocycles. The summed E-state index contributed by atoms with van der Waals surface area (Å²) < 4.78 is 29.9. The summed E-state index contributed by atoms with van der Waals surface area (Å²) in [4.78, 5) is 15.5. The van der Waals surface area contributed by atoms with Crippen LogP contribution in [0.25, 0.3) is 11.2 Å². The first-order chi connectivity index (χ1) is 12.7. The molecule has 0 spiro atoms. The Labute approximate surface area is 150 Å². The number of aromatic nitrogens is 3. The van der Waals surface area contributed by atoms with Gasteiger partial charge in [-0.05, 0) is 36.8 Å². The Balaban J connectivity index is 1.69. The van der Waals surface area contributed by atoms with Crippen LogP contribution < -0.4 is 0 Å². The number of amidine groups is 1. The minimum Gasteiger partial charge on any atom is -0.347 e. The first kappa shape index (κ1) is 16.6. The summed E-state index contributed by atoms with van der Waals surface area (Å²) in [5.41, 5.74) is 1.88. The van der Waals surface area contributed by atoms with Crippen LogP contribution in [0.2, 0.25) is 0 Å². The van der Waals surface area contributed by atoms with Crippen molar-refractivity contribution in [3.63, 3.8) is 0 Å². The molecule has 5 nitrogen and oxygen atoms in total. The number of rotatable bonds is 5. The van der Waals surface area contributed by atoms with Crippen LogP contribution in [0.5, 0.6) is 0 Å². The van der Waals surface area contributed by atoms with E-state index in [4.69, 9.17) is 4.98 Å². The maximum atomic E-state index is 14.2. The Kier molecular flexibility index (Phi) is 4.36. The second-order valence-corrected chi connectivity index (χ2v) is 6.28. The van der Waals surface area contributed by atoms with Gasteiger partial charge in [0, 0.05) is 19.3 Å². The smallest absolute Gasteiger partial charge is 0.160 e.